The molecule has 2 aromatic carbocycles. The zero-order valence-corrected chi connectivity index (χ0v) is 27.8. The molecule has 2 fully saturated rings. The Labute approximate surface area is 263 Å². The lowest BCUT2D eigenvalue weighted by atomic mass is 10.2. The van der Waals surface area contributed by atoms with Crippen molar-refractivity contribution in [1.82, 2.24) is 18.7 Å². The molecule has 43 heavy (non-hydrogen) atoms. The fraction of sp³-hybridized carbons (Fsp3) is 0.429. The van der Waals surface area contributed by atoms with Crippen molar-refractivity contribution < 1.29 is 32.8 Å². The average molecular weight is 667 g/mol. The van der Waals surface area contributed by atoms with Crippen molar-refractivity contribution in [3.63, 3.8) is 0 Å². The van der Waals surface area contributed by atoms with Crippen LogP contribution in [0.4, 0.5) is 0 Å². The van der Waals surface area contributed by atoms with E-state index in [1.54, 1.807) is 49.9 Å². The molecule has 232 valence electrons. The quantitative estimate of drug-likeness (QED) is 0.256. The third-order valence-corrected chi connectivity index (χ3v) is 10.9. The van der Waals surface area contributed by atoms with E-state index in [4.69, 9.17) is 18.9 Å². The zero-order chi connectivity index (χ0) is 30.1. The second-order valence-corrected chi connectivity index (χ2v) is 15.7. The SMILES string of the molecule is Cc1ccc(S(=O)(=O)c2nc(C3COC(C)(C)O3)ns2)cc1.Cc1ccc(Sc2nc(C3COC(C)(C)O3)ns2)cc1.O. The van der Waals surface area contributed by atoms with Gasteiger partial charge in [0.15, 0.2) is 27.6 Å². The van der Waals surface area contributed by atoms with Crippen LogP contribution in [0.15, 0.2) is 67.0 Å². The Bertz CT molecular complexity index is 1620. The number of hydrogen-bond donors (Lipinski definition) is 0. The van der Waals surface area contributed by atoms with E-state index in [1.165, 1.54) is 22.0 Å². The lowest BCUT2D eigenvalue weighted by Crippen LogP contribution is -2.19. The Kier molecular flexibility index (Phi) is 10.4. The van der Waals surface area contributed by atoms with Gasteiger partial charge in [0.1, 0.15) is 12.2 Å². The first-order valence-corrected chi connectivity index (χ1v) is 17.0. The topological polar surface area (TPSA) is 154 Å². The van der Waals surface area contributed by atoms with Crippen LogP contribution >= 0.6 is 34.8 Å². The van der Waals surface area contributed by atoms with Gasteiger partial charge in [-0.25, -0.2) is 18.4 Å². The molecule has 0 amide bonds. The van der Waals surface area contributed by atoms with Gasteiger partial charge in [0.05, 0.1) is 18.1 Å². The normalized spacial score (nSPS) is 20.7. The van der Waals surface area contributed by atoms with Gasteiger partial charge in [-0.15, -0.1) is 0 Å². The standard InChI is InChI=1S/C14H16N2O4S2.C14H16N2O2S2.H2O/c1-9-4-6-10(7-5-9)22(17,18)13-15-12(16-21-13)11-8-19-14(2,3)20-11;1-9-4-6-10(7-5-9)19-13-15-12(16-20-13)11-8-17-14(2,3)18-11;/h4-7,11H,8H2,1-3H3;4-7,11H,8H2,1-3H3;1H2. The maximum Gasteiger partial charge on any atom is 0.235 e. The summed E-state index contributed by atoms with van der Waals surface area (Å²) in [5, 5.41) is 0. The molecule has 6 rings (SSSR count). The molecular formula is C28H34N4O7S4. The smallest absolute Gasteiger partial charge is 0.235 e. The van der Waals surface area contributed by atoms with Crippen LogP contribution in [0.1, 0.15) is 62.7 Å². The molecule has 0 spiro atoms. The van der Waals surface area contributed by atoms with Crippen LogP contribution in [0.3, 0.4) is 0 Å². The molecule has 15 heteroatoms. The summed E-state index contributed by atoms with van der Waals surface area (Å²) in [6.07, 6.45) is -0.596. The van der Waals surface area contributed by atoms with Crippen LogP contribution in [0.5, 0.6) is 0 Å². The summed E-state index contributed by atoms with van der Waals surface area (Å²) in [6, 6.07) is 15.0. The average Bonchev–Trinajstić information content (AvgIpc) is 3.73. The van der Waals surface area contributed by atoms with Crippen molar-refractivity contribution in [3.05, 3.63) is 71.3 Å². The lowest BCUT2D eigenvalue weighted by molar-refractivity contribution is -0.140. The van der Waals surface area contributed by atoms with E-state index in [0.717, 1.165) is 27.3 Å². The molecule has 2 aromatic heterocycles. The minimum atomic E-state index is -3.64. The fourth-order valence-corrected chi connectivity index (χ4v) is 7.80. The van der Waals surface area contributed by atoms with Gasteiger partial charge in [0.25, 0.3) is 0 Å². The number of sulfone groups is 1. The second kappa shape index (κ2) is 13.3. The van der Waals surface area contributed by atoms with Gasteiger partial charge in [-0.3, -0.25) is 0 Å². The molecule has 2 unspecified atom stereocenters. The molecule has 4 heterocycles. The van der Waals surface area contributed by atoms with E-state index >= 15 is 0 Å². The van der Waals surface area contributed by atoms with E-state index in [-0.39, 0.29) is 20.8 Å². The predicted molar refractivity (Wildman–Crippen MR) is 163 cm³/mol. The lowest BCUT2D eigenvalue weighted by Gasteiger charge is -2.15. The van der Waals surface area contributed by atoms with Crippen molar-refractivity contribution in [2.24, 2.45) is 0 Å². The highest BCUT2D eigenvalue weighted by Crippen LogP contribution is 2.36. The number of nitrogens with zero attached hydrogens (tertiary/aromatic N) is 4. The highest BCUT2D eigenvalue weighted by atomic mass is 32.2. The number of benzene rings is 2. The summed E-state index contributed by atoms with van der Waals surface area (Å²) >= 11 is 3.88. The second-order valence-electron chi connectivity index (χ2n) is 10.7. The molecule has 2 N–H and O–H groups in total. The van der Waals surface area contributed by atoms with Gasteiger partial charge in [-0.1, -0.05) is 47.2 Å². The van der Waals surface area contributed by atoms with Gasteiger partial charge in [0, 0.05) is 4.90 Å². The third kappa shape index (κ3) is 8.44. The zero-order valence-electron chi connectivity index (χ0n) is 24.6. The molecule has 0 radical (unpaired) electrons. The monoisotopic (exact) mass is 666 g/mol. The summed E-state index contributed by atoms with van der Waals surface area (Å²) in [6.45, 7) is 12.2. The van der Waals surface area contributed by atoms with Crippen LogP contribution in [-0.4, -0.2) is 57.4 Å². The Balaban J connectivity index is 0.000000193. The number of rotatable bonds is 6. The molecule has 2 saturated heterocycles. The molecule has 11 nitrogen and oxygen atoms in total. The van der Waals surface area contributed by atoms with Crippen LogP contribution in [0, 0.1) is 13.8 Å². The number of aryl methyl sites for hydroxylation is 2. The first kappa shape index (κ1) is 33.6. The summed E-state index contributed by atoms with van der Waals surface area (Å²) < 4.78 is 56.9. The fourth-order valence-electron chi connectivity index (χ4n) is 4.01. The molecule has 2 aliphatic heterocycles. The van der Waals surface area contributed by atoms with E-state index in [9.17, 15) is 8.42 Å². The molecule has 4 aromatic rings. The highest BCUT2D eigenvalue weighted by Gasteiger charge is 2.37. The van der Waals surface area contributed by atoms with Crippen LogP contribution in [0.25, 0.3) is 0 Å². The number of hydrogen-bond acceptors (Lipinski definition) is 13. The van der Waals surface area contributed by atoms with Crippen molar-refractivity contribution in [2.75, 3.05) is 13.2 Å². The third-order valence-electron chi connectivity index (χ3n) is 6.23. The maximum atomic E-state index is 12.5. The van der Waals surface area contributed by atoms with Gasteiger partial charge < -0.3 is 24.4 Å². The summed E-state index contributed by atoms with van der Waals surface area (Å²) in [5.41, 5.74) is 2.25. The van der Waals surface area contributed by atoms with Crippen molar-refractivity contribution in [1.29, 1.82) is 0 Å². The van der Waals surface area contributed by atoms with Gasteiger partial charge in [-0.2, -0.15) is 8.75 Å². The number of ether oxygens (including phenoxy) is 4. The minimum Gasteiger partial charge on any atom is -0.412 e. The molecule has 0 aliphatic carbocycles. The first-order valence-electron chi connectivity index (χ1n) is 13.2. The molecule has 2 aliphatic rings. The molecule has 2 atom stereocenters. The maximum absolute atomic E-state index is 12.5. The predicted octanol–water partition coefficient (Wildman–Crippen LogP) is 5.50. The Hall–Kier alpha value is -2.34. The van der Waals surface area contributed by atoms with Crippen molar-refractivity contribution in [2.45, 2.75) is 83.8 Å². The molecule has 0 bridgehead atoms. The summed E-state index contributed by atoms with van der Waals surface area (Å²) in [4.78, 5) is 10.1. The molecular weight excluding hydrogens is 633 g/mol. The van der Waals surface area contributed by atoms with Crippen LogP contribution < -0.4 is 0 Å². The largest absolute Gasteiger partial charge is 0.412 e. The van der Waals surface area contributed by atoms with Gasteiger partial charge >= 0.3 is 0 Å². The van der Waals surface area contributed by atoms with E-state index in [2.05, 4.69) is 49.9 Å². The minimum absolute atomic E-state index is 0. The van der Waals surface area contributed by atoms with Crippen LogP contribution in [0.2, 0.25) is 0 Å². The van der Waals surface area contributed by atoms with E-state index in [0.29, 0.717) is 19.0 Å². The first-order chi connectivity index (χ1) is 19.8. The Morgan fingerprint density at radius 2 is 1.26 bits per heavy atom. The number of aromatic nitrogens is 4. The van der Waals surface area contributed by atoms with Crippen LogP contribution in [-0.2, 0) is 28.8 Å². The highest BCUT2D eigenvalue weighted by molar-refractivity contribution is 8.01. The van der Waals surface area contributed by atoms with E-state index < -0.39 is 27.5 Å². The Morgan fingerprint density at radius 3 is 1.77 bits per heavy atom. The summed E-state index contributed by atoms with van der Waals surface area (Å²) in [5.74, 6) is -0.178. The molecule has 0 saturated carbocycles. The van der Waals surface area contributed by atoms with Gasteiger partial charge in [0.2, 0.25) is 14.2 Å². The van der Waals surface area contributed by atoms with Crippen molar-refractivity contribution in [3.8, 4) is 0 Å². The van der Waals surface area contributed by atoms with Crippen molar-refractivity contribution >= 4 is 44.7 Å². The summed E-state index contributed by atoms with van der Waals surface area (Å²) in [7, 11) is -3.64. The Morgan fingerprint density at radius 1 is 0.767 bits per heavy atom. The van der Waals surface area contributed by atoms with Gasteiger partial charge in [-0.05, 0) is 88.9 Å². The van der Waals surface area contributed by atoms with E-state index in [1.807, 2.05) is 20.8 Å².